The Balaban J connectivity index is 2.11. The monoisotopic (exact) mass is 248 g/mol. The van der Waals surface area contributed by atoms with Gasteiger partial charge in [0.2, 0.25) is 0 Å². The van der Waals surface area contributed by atoms with Crippen LogP contribution in [-0.2, 0) is 10.2 Å². The average molecular weight is 248 g/mol. The smallest absolute Gasteiger partial charge is 0.282 e. The van der Waals surface area contributed by atoms with E-state index in [4.69, 9.17) is 0 Å². The first-order valence-corrected chi connectivity index (χ1v) is 7.36. The molecule has 5 nitrogen and oxygen atoms in total. The van der Waals surface area contributed by atoms with Crippen LogP contribution in [-0.4, -0.2) is 53.9 Å². The largest absolute Gasteiger partial charge is 0.392 e. The Hall–Kier alpha value is -0.170. The van der Waals surface area contributed by atoms with Crippen LogP contribution in [0.1, 0.15) is 32.6 Å². The van der Waals surface area contributed by atoms with Gasteiger partial charge in [0.05, 0.1) is 6.10 Å². The quantitative estimate of drug-likeness (QED) is 0.758. The van der Waals surface area contributed by atoms with Crippen molar-refractivity contribution in [1.82, 2.24) is 8.61 Å². The van der Waals surface area contributed by atoms with E-state index in [0.29, 0.717) is 19.5 Å². The molecule has 2 atom stereocenters. The second-order valence-corrected chi connectivity index (χ2v) is 6.64. The van der Waals surface area contributed by atoms with Crippen molar-refractivity contribution in [2.24, 2.45) is 0 Å². The van der Waals surface area contributed by atoms with Gasteiger partial charge in [-0.3, -0.25) is 0 Å². The van der Waals surface area contributed by atoms with Crippen molar-refractivity contribution >= 4 is 10.2 Å². The summed E-state index contributed by atoms with van der Waals surface area (Å²) in [4.78, 5) is 0. The number of aliphatic hydroxyl groups excluding tert-OH is 1. The summed E-state index contributed by atoms with van der Waals surface area (Å²) in [6.07, 6.45) is 3.06. The molecule has 0 aromatic carbocycles. The fourth-order valence-electron chi connectivity index (χ4n) is 2.48. The van der Waals surface area contributed by atoms with Gasteiger partial charge in [-0.1, -0.05) is 6.42 Å². The van der Waals surface area contributed by atoms with Crippen molar-refractivity contribution in [1.29, 1.82) is 0 Å². The molecular weight excluding hydrogens is 228 g/mol. The summed E-state index contributed by atoms with van der Waals surface area (Å²) in [6.45, 7) is 3.29. The highest BCUT2D eigenvalue weighted by Crippen LogP contribution is 2.24. The molecule has 2 aliphatic rings. The zero-order valence-electron chi connectivity index (χ0n) is 9.67. The number of piperidine rings is 1. The van der Waals surface area contributed by atoms with Crippen LogP contribution in [0.2, 0.25) is 0 Å². The summed E-state index contributed by atoms with van der Waals surface area (Å²) >= 11 is 0. The first kappa shape index (κ1) is 12.3. The number of β-amino-alcohol motifs (C(OH)–C–C–N with tert-alkyl or cyclic N) is 1. The van der Waals surface area contributed by atoms with E-state index in [-0.39, 0.29) is 12.6 Å². The molecule has 0 saturated carbocycles. The second kappa shape index (κ2) is 4.60. The highest BCUT2D eigenvalue weighted by Gasteiger charge is 2.37. The normalized spacial score (nSPS) is 34.4. The van der Waals surface area contributed by atoms with Gasteiger partial charge in [-0.05, 0) is 26.2 Å². The van der Waals surface area contributed by atoms with Crippen LogP contribution in [0.15, 0.2) is 0 Å². The van der Waals surface area contributed by atoms with Crippen molar-refractivity contribution in [3.63, 3.8) is 0 Å². The molecule has 0 bridgehead atoms. The topological polar surface area (TPSA) is 60.9 Å². The maximum Gasteiger partial charge on any atom is 0.282 e. The van der Waals surface area contributed by atoms with Crippen LogP contribution in [0, 0.1) is 0 Å². The van der Waals surface area contributed by atoms with Crippen LogP contribution in [0.3, 0.4) is 0 Å². The van der Waals surface area contributed by atoms with Crippen LogP contribution in [0.4, 0.5) is 0 Å². The first-order valence-electron chi connectivity index (χ1n) is 5.97. The zero-order chi connectivity index (χ0) is 11.8. The molecule has 0 aliphatic carbocycles. The van der Waals surface area contributed by atoms with E-state index in [2.05, 4.69) is 0 Å². The van der Waals surface area contributed by atoms with Crippen LogP contribution < -0.4 is 0 Å². The van der Waals surface area contributed by atoms with Crippen LogP contribution in [0.25, 0.3) is 0 Å². The molecule has 6 heteroatoms. The van der Waals surface area contributed by atoms with Crippen molar-refractivity contribution < 1.29 is 13.5 Å². The minimum atomic E-state index is -3.34. The third-order valence-corrected chi connectivity index (χ3v) is 5.61. The lowest BCUT2D eigenvalue weighted by molar-refractivity contribution is 0.185. The molecule has 0 aromatic rings. The summed E-state index contributed by atoms with van der Waals surface area (Å²) in [6, 6.07) is 0.0940. The Morgan fingerprint density at radius 1 is 1.19 bits per heavy atom. The van der Waals surface area contributed by atoms with E-state index >= 15 is 0 Å². The Morgan fingerprint density at radius 3 is 2.50 bits per heavy atom. The van der Waals surface area contributed by atoms with Crippen molar-refractivity contribution in [3.8, 4) is 0 Å². The first-order chi connectivity index (χ1) is 7.51. The predicted octanol–water partition coefficient (Wildman–Crippen LogP) is 0.172. The third kappa shape index (κ3) is 2.25. The second-order valence-electron chi connectivity index (χ2n) is 4.76. The van der Waals surface area contributed by atoms with Gasteiger partial charge < -0.3 is 5.11 Å². The standard InChI is InChI=1S/C10H20N2O3S/c1-9-4-2-3-6-12(9)16(14,15)11-7-5-10(13)8-11/h9-10,13H,2-8H2,1H3. The molecule has 16 heavy (non-hydrogen) atoms. The Labute approximate surface area is 97.2 Å². The number of hydrogen-bond acceptors (Lipinski definition) is 3. The van der Waals surface area contributed by atoms with E-state index in [1.165, 1.54) is 4.31 Å². The summed E-state index contributed by atoms with van der Waals surface area (Å²) in [7, 11) is -3.34. The molecule has 2 unspecified atom stereocenters. The predicted molar refractivity (Wildman–Crippen MR) is 61.1 cm³/mol. The summed E-state index contributed by atoms with van der Waals surface area (Å²) < 4.78 is 27.6. The average Bonchev–Trinajstić information content (AvgIpc) is 2.66. The number of rotatable bonds is 2. The summed E-state index contributed by atoms with van der Waals surface area (Å²) in [5.74, 6) is 0. The number of nitrogens with zero attached hydrogens (tertiary/aromatic N) is 2. The highest BCUT2D eigenvalue weighted by atomic mass is 32.2. The summed E-state index contributed by atoms with van der Waals surface area (Å²) in [5, 5.41) is 9.40. The van der Waals surface area contributed by atoms with Gasteiger partial charge >= 0.3 is 0 Å². The maximum atomic E-state index is 12.3. The van der Waals surface area contributed by atoms with Gasteiger partial charge in [-0.15, -0.1) is 0 Å². The molecule has 2 saturated heterocycles. The summed E-state index contributed by atoms with van der Waals surface area (Å²) in [5.41, 5.74) is 0. The van der Waals surface area contributed by atoms with Crippen molar-refractivity contribution in [2.75, 3.05) is 19.6 Å². The van der Waals surface area contributed by atoms with Crippen molar-refractivity contribution in [3.05, 3.63) is 0 Å². The van der Waals surface area contributed by atoms with Crippen molar-refractivity contribution in [2.45, 2.75) is 44.8 Å². The Kier molecular flexibility index (Phi) is 3.53. The minimum Gasteiger partial charge on any atom is -0.392 e. The van der Waals surface area contributed by atoms with E-state index in [0.717, 1.165) is 19.3 Å². The molecule has 2 fully saturated rings. The lowest BCUT2D eigenvalue weighted by atomic mass is 10.1. The van der Waals surface area contributed by atoms with Gasteiger partial charge in [-0.25, -0.2) is 0 Å². The third-order valence-electron chi connectivity index (χ3n) is 3.49. The van der Waals surface area contributed by atoms with E-state index in [1.54, 1.807) is 4.31 Å². The fraction of sp³-hybridized carbons (Fsp3) is 1.00. The fourth-order valence-corrected chi connectivity index (χ4v) is 4.40. The molecular formula is C10H20N2O3S. The van der Waals surface area contributed by atoms with Crippen LogP contribution >= 0.6 is 0 Å². The molecule has 94 valence electrons. The van der Waals surface area contributed by atoms with Crippen LogP contribution in [0.5, 0.6) is 0 Å². The van der Waals surface area contributed by atoms with E-state index in [1.807, 2.05) is 6.92 Å². The minimum absolute atomic E-state index is 0.0940. The van der Waals surface area contributed by atoms with Gasteiger partial charge in [-0.2, -0.15) is 17.0 Å². The van der Waals surface area contributed by atoms with E-state index in [9.17, 15) is 13.5 Å². The molecule has 2 heterocycles. The Bertz CT molecular complexity index is 344. The number of aliphatic hydroxyl groups is 1. The SMILES string of the molecule is CC1CCCCN1S(=O)(=O)N1CCC(O)C1. The van der Waals surface area contributed by atoms with Gasteiger partial charge in [0.1, 0.15) is 0 Å². The lowest BCUT2D eigenvalue weighted by Crippen LogP contribution is -2.49. The maximum absolute atomic E-state index is 12.3. The highest BCUT2D eigenvalue weighted by molar-refractivity contribution is 7.86. The van der Waals surface area contributed by atoms with Gasteiger partial charge in [0.15, 0.2) is 0 Å². The molecule has 0 spiro atoms. The molecule has 0 aromatic heterocycles. The zero-order valence-corrected chi connectivity index (χ0v) is 10.5. The van der Waals surface area contributed by atoms with E-state index < -0.39 is 16.3 Å². The molecule has 2 rings (SSSR count). The molecule has 0 radical (unpaired) electrons. The lowest BCUT2D eigenvalue weighted by Gasteiger charge is -2.35. The van der Waals surface area contributed by atoms with Gasteiger partial charge in [0.25, 0.3) is 10.2 Å². The number of hydrogen-bond donors (Lipinski definition) is 1. The molecule has 0 amide bonds. The molecule has 2 aliphatic heterocycles. The van der Waals surface area contributed by atoms with Gasteiger partial charge in [0, 0.05) is 25.7 Å². The Morgan fingerprint density at radius 2 is 1.94 bits per heavy atom. The molecule has 1 N–H and O–H groups in total.